The van der Waals surface area contributed by atoms with Gasteiger partial charge < -0.3 is 25.2 Å². The van der Waals surface area contributed by atoms with Crippen molar-refractivity contribution in [2.75, 3.05) is 38.7 Å². The lowest BCUT2D eigenvalue weighted by Crippen LogP contribution is -2.28. The molecule has 0 spiro atoms. The summed E-state index contributed by atoms with van der Waals surface area (Å²) in [5, 5.41) is 26.7. The molecule has 0 bridgehead atoms. The second-order valence-corrected chi connectivity index (χ2v) is 5.94. The number of benzene rings is 1. The van der Waals surface area contributed by atoms with Crippen LogP contribution in [-0.4, -0.2) is 44.4 Å². The van der Waals surface area contributed by atoms with E-state index in [1.165, 1.54) is 11.3 Å². The van der Waals surface area contributed by atoms with Crippen LogP contribution in [-0.2, 0) is 4.74 Å². The number of ether oxygens (including phenoxy) is 2. The number of amidine groups is 1. The second kappa shape index (κ2) is 9.79. The number of nitrogens with one attached hydrogen (secondary N) is 3. The minimum absolute atomic E-state index is 0.107. The molecule has 2 aromatic rings. The lowest BCUT2D eigenvalue weighted by molar-refractivity contribution is 0.198. The van der Waals surface area contributed by atoms with Gasteiger partial charge in [0, 0.05) is 25.6 Å². The van der Waals surface area contributed by atoms with Crippen molar-refractivity contribution in [3.8, 4) is 11.5 Å². The molecule has 0 amide bonds. The molecule has 1 aromatic heterocycles. The topological polar surface area (TPSA) is 86.6 Å². The van der Waals surface area contributed by atoms with Gasteiger partial charge in [0.25, 0.3) is 0 Å². The lowest BCUT2D eigenvalue weighted by atomic mass is 10.2. The Kier molecular flexibility index (Phi) is 7.38. The smallest absolute Gasteiger partial charge is 0.139 e. The third-order valence-corrected chi connectivity index (χ3v) is 4.17. The van der Waals surface area contributed by atoms with E-state index in [9.17, 15) is 5.11 Å². The molecule has 0 radical (unpaired) electrons. The van der Waals surface area contributed by atoms with E-state index in [0.29, 0.717) is 25.3 Å². The Morgan fingerprint density at radius 3 is 2.75 bits per heavy atom. The second-order valence-electron chi connectivity index (χ2n) is 5.06. The van der Waals surface area contributed by atoms with Gasteiger partial charge in [0.2, 0.25) is 0 Å². The number of hydrogen-bond donors (Lipinski definition) is 4. The van der Waals surface area contributed by atoms with Gasteiger partial charge in [0.15, 0.2) is 0 Å². The molecule has 0 unspecified atom stereocenters. The fourth-order valence-corrected chi connectivity index (χ4v) is 2.95. The van der Waals surface area contributed by atoms with Gasteiger partial charge in [0.1, 0.15) is 28.9 Å². The van der Waals surface area contributed by atoms with Crippen molar-refractivity contribution < 1.29 is 14.6 Å². The first-order chi connectivity index (χ1) is 11.7. The lowest BCUT2D eigenvalue weighted by Gasteiger charge is -2.11. The van der Waals surface area contributed by atoms with Crippen LogP contribution in [0.15, 0.2) is 35.7 Å². The van der Waals surface area contributed by atoms with E-state index >= 15 is 0 Å². The summed E-state index contributed by atoms with van der Waals surface area (Å²) >= 11 is 1.38. The van der Waals surface area contributed by atoms with Crippen molar-refractivity contribution in [3.63, 3.8) is 0 Å². The van der Waals surface area contributed by atoms with Crippen molar-refractivity contribution in [3.05, 3.63) is 41.3 Å². The molecule has 0 fully saturated rings. The van der Waals surface area contributed by atoms with E-state index in [0.717, 1.165) is 23.7 Å². The summed E-state index contributed by atoms with van der Waals surface area (Å²) in [6, 6.07) is 9.53. The van der Waals surface area contributed by atoms with E-state index in [2.05, 4.69) is 10.6 Å². The monoisotopic (exact) mass is 349 g/mol. The van der Waals surface area contributed by atoms with Gasteiger partial charge in [-0.2, -0.15) is 0 Å². The minimum Gasteiger partial charge on any atom is -0.506 e. The highest BCUT2D eigenvalue weighted by atomic mass is 32.1. The van der Waals surface area contributed by atoms with Crippen LogP contribution < -0.4 is 15.4 Å². The molecule has 130 valence electrons. The van der Waals surface area contributed by atoms with E-state index in [1.807, 2.05) is 30.3 Å². The third kappa shape index (κ3) is 5.43. The number of methoxy groups -OCH3 is 1. The molecule has 4 N–H and O–H groups in total. The van der Waals surface area contributed by atoms with Crippen LogP contribution in [0.3, 0.4) is 0 Å². The Morgan fingerprint density at radius 1 is 1.21 bits per heavy atom. The van der Waals surface area contributed by atoms with Gasteiger partial charge >= 0.3 is 0 Å². The number of thiophene rings is 1. The molecular weight excluding hydrogens is 326 g/mol. The first-order valence-corrected chi connectivity index (χ1v) is 8.64. The molecular formula is C17H23N3O3S. The number of anilines is 1. The van der Waals surface area contributed by atoms with E-state index < -0.39 is 0 Å². The van der Waals surface area contributed by atoms with E-state index in [-0.39, 0.29) is 11.6 Å². The zero-order valence-electron chi connectivity index (χ0n) is 13.7. The highest BCUT2D eigenvalue weighted by Gasteiger charge is 2.15. The van der Waals surface area contributed by atoms with Crippen LogP contribution in [0, 0.1) is 5.41 Å². The Morgan fingerprint density at radius 2 is 2.00 bits per heavy atom. The van der Waals surface area contributed by atoms with Crippen molar-refractivity contribution in [2.24, 2.45) is 0 Å². The highest BCUT2D eigenvalue weighted by molar-refractivity contribution is 7.15. The summed E-state index contributed by atoms with van der Waals surface area (Å²) in [7, 11) is 1.67. The molecule has 0 aliphatic carbocycles. The Balaban J connectivity index is 1.80. The molecule has 0 saturated heterocycles. The van der Waals surface area contributed by atoms with Gasteiger partial charge in [-0.15, -0.1) is 11.3 Å². The molecule has 2 rings (SSSR count). The van der Waals surface area contributed by atoms with Gasteiger partial charge in [-0.25, -0.2) is 0 Å². The van der Waals surface area contributed by atoms with Crippen molar-refractivity contribution >= 4 is 22.2 Å². The third-order valence-electron chi connectivity index (χ3n) is 3.25. The molecule has 0 atom stereocenters. The van der Waals surface area contributed by atoms with Crippen LogP contribution in [0.4, 0.5) is 5.00 Å². The van der Waals surface area contributed by atoms with E-state index in [1.54, 1.807) is 12.5 Å². The first kappa shape index (κ1) is 18.1. The summed E-state index contributed by atoms with van der Waals surface area (Å²) in [5.74, 6) is 1.08. The van der Waals surface area contributed by atoms with Crippen molar-refractivity contribution in [1.29, 1.82) is 5.41 Å². The average Bonchev–Trinajstić information content (AvgIpc) is 2.97. The Hall–Kier alpha value is -2.25. The maximum atomic E-state index is 9.97. The SMILES string of the molecule is COCCCNc1scc(O)c1C(=N)NCCOc1ccccc1. The highest BCUT2D eigenvalue weighted by Crippen LogP contribution is 2.32. The maximum absolute atomic E-state index is 9.97. The van der Waals surface area contributed by atoms with Crippen LogP contribution in [0.2, 0.25) is 0 Å². The molecule has 7 heteroatoms. The maximum Gasteiger partial charge on any atom is 0.139 e. The zero-order valence-corrected chi connectivity index (χ0v) is 14.5. The zero-order chi connectivity index (χ0) is 17.2. The average molecular weight is 349 g/mol. The largest absolute Gasteiger partial charge is 0.506 e. The van der Waals surface area contributed by atoms with Gasteiger partial charge in [-0.3, -0.25) is 5.41 Å². The summed E-state index contributed by atoms with van der Waals surface area (Å²) in [6.45, 7) is 2.32. The minimum atomic E-state index is 0.107. The van der Waals surface area contributed by atoms with Crippen LogP contribution in [0.1, 0.15) is 12.0 Å². The van der Waals surface area contributed by atoms with Crippen LogP contribution >= 0.6 is 11.3 Å². The first-order valence-electron chi connectivity index (χ1n) is 7.76. The van der Waals surface area contributed by atoms with Crippen molar-refractivity contribution in [1.82, 2.24) is 5.32 Å². The molecule has 1 aromatic carbocycles. The van der Waals surface area contributed by atoms with Crippen LogP contribution in [0.25, 0.3) is 0 Å². The molecule has 0 aliphatic rings. The number of rotatable bonds is 10. The standard InChI is InChI=1S/C17H23N3O3S/c1-22-10-5-8-20-17-15(14(21)12-24-17)16(18)19-9-11-23-13-6-3-2-4-7-13/h2-4,6-7,12,20-21H,5,8-11H2,1H3,(H2,18,19). The van der Waals surface area contributed by atoms with E-state index in [4.69, 9.17) is 14.9 Å². The number of para-hydroxylation sites is 1. The molecule has 1 heterocycles. The summed E-state index contributed by atoms with van der Waals surface area (Å²) < 4.78 is 10.6. The Labute approximate surface area is 145 Å². The molecule has 24 heavy (non-hydrogen) atoms. The normalized spacial score (nSPS) is 10.4. The fraction of sp³-hybridized carbons (Fsp3) is 0.353. The quantitative estimate of drug-likeness (QED) is 0.301. The van der Waals surface area contributed by atoms with Gasteiger partial charge in [-0.05, 0) is 18.6 Å². The molecule has 6 nitrogen and oxygen atoms in total. The fourth-order valence-electron chi connectivity index (χ4n) is 2.09. The Bertz CT molecular complexity index is 631. The summed E-state index contributed by atoms with van der Waals surface area (Å²) in [4.78, 5) is 0. The molecule has 0 saturated carbocycles. The predicted molar refractivity (Wildman–Crippen MR) is 97.7 cm³/mol. The van der Waals surface area contributed by atoms with Crippen molar-refractivity contribution in [2.45, 2.75) is 6.42 Å². The summed E-state index contributed by atoms with van der Waals surface area (Å²) in [6.07, 6.45) is 0.861. The predicted octanol–water partition coefficient (Wildman–Crippen LogP) is 2.90. The van der Waals surface area contributed by atoms with Gasteiger partial charge in [0.05, 0.1) is 12.1 Å². The number of aromatic hydroxyl groups is 1. The summed E-state index contributed by atoms with van der Waals surface area (Å²) in [5.41, 5.74) is 0.497. The van der Waals surface area contributed by atoms with Gasteiger partial charge in [-0.1, -0.05) is 18.2 Å². The number of hydrogen-bond acceptors (Lipinski definition) is 6. The van der Waals surface area contributed by atoms with Crippen LogP contribution in [0.5, 0.6) is 11.5 Å². The molecule has 0 aliphatic heterocycles.